The van der Waals surface area contributed by atoms with Gasteiger partial charge in [0, 0.05) is 19.3 Å². The Labute approximate surface area is 242 Å². The number of hydrogen-bond acceptors (Lipinski definition) is 8. The SMILES string of the molecule is NC(CO)C(=O)NC(Cc1ccc(O)cc1)C(=O)NC(Cc1ccc(O)cc1)C(=O)NC(Cc1ccccc1)C(=O)O. The van der Waals surface area contributed by atoms with Crippen LogP contribution in [0.4, 0.5) is 0 Å². The zero-order valence-corrected chi connectivity index (χ0v) is 22.6. The van der Waals surface area contributed by atoms with Crippen molar-refractivity contribution < 1.29 is 39.6 Å². The lowest BCUT2D eigenvalue weighted by Gasteiger charge is -2.25. The highest BCUT2D eigenvalue weighted by molar-refractivity contribution is 5.94. The lowest BCUT2D eigenvalue weighted by Crippen LogP contribution is -2.58. The summed E-state index contributed by atoms with van der Waals surface area (Å²) in [6.45, 7) is -0.663. The molecule has 9 N–H and O–H groups in total. The van der Waals surface area contributed by atoms with Crippen molar-refractivity contribution in [1.29, 1.82) is 0 Å². The molecule has 4 atom stereocenters. The van der Waals surface area contributed by atoms with Crippen LogP contribution < -0.4 is 21.7 Å². The average molecular weight is 579 g/mol. The van der Waals surface area contributed by atoms with Crippen molar-refractivity contribution in [3.05, 3.63) is 95.6 Å². The molecule has 0 radical (unpaired) electrons. The van der Waals surface area contributed by atoms with Crippen LogP contribution in [0.3, 0.4) is 0 Å². The van der Waals surface area contributed by atoms with Gasteiger partial charge in [-0.25, -0.2) is 4.79 Å². The molecule has 0 spiro atoms. The highest BCUT2D eigenvalue weighted by atomic mass is 16.4. The first-order chi connectivity index (χ1) is 20.0. The molecule has 12 nitrogen and oxygen atoms in total. The molecule has 0 aliphatic carbocycles. The Morgan fingerprint density at radius 2 is 0.976 bits per heavy atom. The maximum Gasteiger partial charge on any atom is 0.326 e. The molecule has 0 saturated carbocycles. The van der Waals surface area contributed by atoms with Gasteiger partial charge in [0.2, 0.25) is 17.7 Å². The fourth-order valence-electron chi connectivity index (χ4n) is 4.11. The number of aliphatic carboxylic acids is 1. The number of nitrogens with one attached hydrogen (secondary N) is 3. The number of benzene rings is 3. The largest absolute Gasteiger partial charge is 0.508 e. The van der Waals surface area contributed by atoms with E-state index in [0.717, 1.165) is 0 Å². The summed E-state index contributed by atoms with van der Waals surface area (Å²) in [5, 5.41) is 45.9. The number of carboxylic acid groups (broad SMARTS) is 1. The van der Waals surface area contributed by atoms with Gasteiger partial charge >= 0.3 is 5.97 Å². The highest BCUT2D eigenvalue weighted by Crippen LogP contribution is 2.14. The van der Waals surface area contributed by atoms with Gasteiger partial charge in [0.15, 0.2) is 0 Å². The van der Waals surface area contributed by atoms with Crippen molar-refractivity contribution in [2.75, 3.05) is 6.61 Å². The third-order valence-corrected chi connectivity index (χ3v) is 6.45. The molecule has 0 aliphatic heterocycles. The van der Waals surface area contributed by atoms with Crippen LogP contribution in [0.15, 0.2) is 78.9 Å². The van der Waals surface area contributed by atoms with Gasteiger partial charge in [0.05, 0.1) is 6.61 Å². The molecule has 0 bridgehead atoms. The molecule has 0 fully saturated rings. The molecule has 3 aromatic rings. The highest BCUT2D eigenvalue weighted by Gasteiger charge is 2.31. The van der Waals surface area contributed by atoms with Gasteiger partial charge in [-0.1, -0.05) is 54.6 Å². The molecule has 12 heteroatoms. The van der Waals surface area contributed by atoms with Crippen LogP contribution in [0.5, 0.6) is 11.5 Å². The molecule has 0 aromatic heterocycles. The zero-order chi connectivity index (χ0) is 30.6. The van der Waals surface area contributed by atoms with E-state index in [0.29, 0.717) is 16.7 Å². The number of rotatable bonds is 14. The minimum absolute atomic E-state index is 0.000195. The summed E-state index contributed by atoms with van der Waals surface area (Å²) in [5.74, 6) is -3.62. The molecule has 0 heterocycles. The molecular weight excluding hydrogens is 544 g/mol. The number of hydrogen-bond donors (Lipinski definition) is 8. The van der Waals surface area contributed by atoms with E-state index < -0.39 is 54.5 Å². The van der Waals surface area contributed by atoms with Gasteiger partial charge in [0.1, 0.15) is 35.7 Å². The molecule has 0 aliphatic rings. The van der Waals surface area contributed by atoms with Gasteiger partial charge in [-0.3, -0.25) is 14.4 Å². The van der Waals surface area contributed by atoms with E-state index in [4.69, 9.17) is 5.73 Å². The van der Waals surface area contributed by atoms with Gasteiger partial charge < -0.3 is 42.1 Å². The first-order valence-corrected chi connectivity index (χ1v) is 13.2. The van der Waals surface area contributed by atoms with Crippen LogP contribution in [0, 0.1) is 0 Å². The van der Waals surface area contributed by atoms with Crippen LogP contribution in [0.25, 0.3) is 0 Å². The Hall–Kier alpha value is -4.94. The molecule has 4 unspecified atom stereocenters. The Morgan fingerprint density at radius 1 is 0.595 bits per heavy atom. The smallest absolute Gasteiger partial charge is 0.326 e. The standard InChI is InChI=1S/C30H34N4O8/c31-23(17-35)27(38)32-24(14-19-6-10-21(36)11-7-19)28(39)33-25(15-20-8-12-22(37)13-9-20)29(40)34-26(30(41)42)16-18-4-2-1-3-5-18/h1-13,23-26,35-37H,14-17,31H2,(H,32,38)(H,33,39)(H,34,40)(H,41,42). The fraction of sp³-hybridized carbons (Fsp3) is 0.267. The minimum Gasteiger partial charge on any atom is -0.508 e. The van der Waals surface area contributed by atoms with Crippen molar-refractivity contribution in [1.82, 2.24) is 16.0 Å². The number of carboxylic acids is 1. The van der Waals surface area contributed by atoms with E-state index in [2.05, 4.69) is 16.0 Å². The number of carbonyl (C=O) groups excluding carboxylic acids is 3. The second kappa shape index (κ2) is 15.2. The summed E-state index contributed by atoms with van der Waals surface area (Å²) in [4.78, 5) is 51.4. The third-order valence-electron chi connectivity index (χ3n) is 6.45. The predicted octanol–water partition coefficient (Wildman–Crippen LogP) is -0.0157. The summed E-state index contributed by atoms with van der Waals surface area (Å²) in [5.41, 5.74) is 7.43. The molecular formula is C30H34N4O8. The molecule has 3 rings (SSSR count). The number of nitrogens with two attached hydrogens (primary N) is 1. The van der Waals surface area contributed by atoms with E-state index in [1.54, 1.807) is 54.6 Å². The second-order valence-electron chi connectivity index (χ2n) is 9.74. The maximum absolute atomic E-state index is 13.5. The van der Waals surface area contributed by atoms with Crippen LogP contribution in [0.1, 0.15) is 16.7 Å². The Morgan fingerprint density at radius 3 is 1.40 bits per heavy atom. The topological polar surface area (TPSA) is 211 Å². The first-order valence-electron chi connectivity index (χ1n) is 13.2. The van der Waals surface area contributed by atoms with E-state index in [1.165, 1.54) is 24.3 Å². The number of aliphatic hydroxyl groups excluding tert-OH is 1. The summed E-state index contributed by atoms with van der Waals surface area (Å²) < 4.78 is 0. The van der Waals surface area contributed by atoms with Crippen molar-refractivity contribution in [2.45, 2.75) is 43.4 Å². The number of phenols is 2. The van der Waals surface area contributed by atoms with Crippen molar-refractivity contribution in [2.24, 2.45) is 5.73 Å². The molecule has 3 amide bonds. The summed E-state index contributed by atoms with van der Waals surface area (Å²) in [6.07, 6.45) is -0.110. The fourth-order valence-corrected chi connectivity index (χ4v) is 4.11. The van der Waals surface area contributed by atoms with E-state index >= 15 is 0 Å². The quantitative estimate of drug-likeness (QED) is 0.129. The number of aromatic hydroxyl groups is 2. The van der Waals surface area contributed by atoms with Crippen LogP contribution >= 0.6 is 0 Å². The molecule has 42 heavy (non-hydrogen) atoms. The van der Waals surface area contributed by atoms with E-state index in [9.17, 15) is 39.6 Å². The van der Waals surface area contributed by atoms with E-state index in [-0.39, 0.29) is 30.8 Å². The molecule has 222 valence electrons. The van der Waals surface area contributed by atoms with Crippen LogP contribution in [0.2, 0.25) is 0 Å². The Balaban J connectivity index is 1.86. The van der Waals surface area contributed by atoms with Gasteiger partial charge in [-0.2, -0.15) is 0 Å². The van der Waals surface area contributed by atoms with Gasteiger partial charge in [-0.15, -0.1) is 0 Å². The van der Waals surface area contributed by atoms with Crippen molar-refractivity contribution in [3.8, 4) is 11.5 Å². The second-order valence-corrected chi connectivity index (χ2v) is 9.74. The van der Waals surface area contributed by atoms with Crippen molar-refractivity contribution >= 4 is 23.7 Å². The lowest BCUT2D eigenvalue weighted by molar-refractivity contribution is -0.142. The number of amides is 3. The minimum atomic E-state index is -1.30. The molecule has 3 aromatic carbocycles. The Kier molecular flexibility index (Phi) is 11.4. The Bertz CT molecular complexity index is 1350. The van der Waals surface area contributed by atoms with Crippen LogP contribution in [-0.4, -0.2) is 74.9 Å². The van der Waals surface area contributed by atoms with E-state index in [1.807, 2.05) is 0 Å². The summed E-state index contributed by atoms with van der Waals surface area (Å²) >= 11 is 0. The number of phenolic OH excluding ortho intramolecular Hbond substituents is 2. The summed E-state index contributed by atoms with van der Waals surface area (Å²) in [7, 11) is 0. The van der Waals surface area contributed by atoms with Crippen LogP contribution in [-0.2, 0) is 38.4 Å². The molecule has 0 saturated heterocycles. The van der Waals surface area contributed by atoms with Gasteiger partial charge in [0.25, 0.3) is 0 Å². The first kappa shape index (κ1) is 31.6. The van der Waals surface area contributed by atoms with Crippen molar-refractivity contribution in [3.63, 3.8) is 0 Å². The third kappa shape index (κ3) is 9.61. The lowest BCUT2D eigenvalue weighted by atomic mass is 10.0. The van der Waals surface area contributed by atoms with Gasteiger partial charge in [-0.05, 0) is 41.0 Å². The predicted molar refractivity (Wildman–Crippen MR) is 152 cm³/mol. The summed E-state index contributed by atoms with van der Waals surface area (Å²) in [6, 6.07) is 15.5. The average Bonchev–Trinajstić information content (AvgIpc) is 2.98. The maximum atomic E-state index is 13.5. The zero-order valence-electron chi connectivity index (χ0n) is 22.6. The number of carbonyl (C=O) groups is 4. The monoisotopic (exact) mass is 578 g/mol. The number of aliphatic hydroxyl groups is 1. The normalized spacial score (nSPS) is 13.7.